The van der Waals surface area contributed by atoms with Crippen LogP contribution in [-0.2, 0) is 16.1 Å². The van der Waals surface area contributed by atoms with Crippen LogP contribution in [-0.4, -0.2) is 37.7 Å². The molecule has 2 rings (SSSR count). The molecule has 3 N–H and O–H groups in total. The molecule has 134 valence electrons. The van der Waals surface area contributed by atoms with Gasteiger partial charge in [0.25, 0.3) is 0 Å². The summed E-state index contributed by atoms with van der Waals surface area (Å²) in [5.74, 6) is -0.529. The standard InChI is InChI=1S/C17H20N2O5S/c1-23-14-6-5-11(8-15(14)24-2)13(20)10-19-17(22)16(21)18-9-12-4-3-7-25-12/h3-8,13,20H,9-10H2,1-2H3,(H,18,21)(H,19,22). The molecule has 0 radical (unpaired) electrons. The maximum Gasteiger partial charge on any atom is 0.309 e. The van der Waals surface area contributed by atoms with Crippen LogP contribution in [0.4, 0.5) is 0 Å². The van der Waals surface area contributed by atoms with Gasteiger partial charge in [-0.1, -0.05) is 12.1 Å². The average Bonchev–Trinajstić information content (AvgIpc) is 3.16. The Bertz CT molecular complexity index is 718. The van der Waals surface area contributed by atoms with Crippen molar-refractivity contribution in [1.29, 1.82) is 0 Å². The van der Waals surface area contributed by atoms with Gasteiger partial charge in [-0.25, -0.2) is 0 Å². The highest BCUT2D eigenvalue weighted by molar-refractivity contribution is 7.09. The van der Waals surface area contributed by atoms with Crippen molar-refractivity contribution in [2.75, 3.05) is 20.8 Å². The van der Waals surface area contributed by atoms with Crippen molar-refractivity contribution in [1.82, 2.24) is 10.6 Å². The molecule has 1 aromatic carbocycles. The smallest absolute Gasteiger partial charge is 0.309 e. The highest BCUT2D eigenvalue weighted by atomic mass is 32.1. The fourth-order valence-corrected chi connectivity index (χ4v) is 2.75. The van der Waals surface area contributed by atoms with Gasteiger partial charge >= 0.3 is 11.8 Å². The molecule has 0 spiro atoms. The largest absolute Gasteiger partial charge is 0.493 e. The third-order valence-electron chi connectivity index (χ3n) is 3.46. The Labute approximate surface area is 149 Å². The predicted octanol–water partition coefficient (Wildman–Crippen LogP) is 1.23. The number of aliphatic hydroxyl groups excluding tert-OH is 1. The van der Waals surface area contributed by atoms with Crippen molar-refractivity contribution >= 4 is 23.2 Å². The summed E-state index contributed by atoms with van der Waals surface area (Å²) in [4.78, 5) is 24.5. The molecule has 2 amide bonds. The van der Waals surface area contributed by atoms with E-state index in [0.717, 1.165) is 4.88 Å². The molecule has 0 saturated carbocycles. The Morgan fingerprint density at radius 3 is 2.48 bits per heavy atom. The molecule has 8 heteroatoms. The summed E-state index contributed by atoms with van der Waals surface area (Å²) in [6.45, 7) is 0.197. The van der Waals surface area contributed by atoms with Crippen molar-refractivity contribution in [3.05, 3.63) is 46.2 Å². The summed E-state index contributed by atoms with van der Waals surface area (Å²) in [6, 6.07) is 8.67. The number of thiophene rings is 1. The second-order valence-corrected chi connectivity index (χ2v) is 6.13. The maximum atomic E-state index is 11.8. The Balaban J connectivity index is 1.85. The first-order chi connectivity index (χ1) is 12.0. The number of aliphatic hydroxyl groups is 1. The van der Waals surface area contributed by atoms with Crippen molar-refractivity contribution in [2.24, 2.45) is 0 Å². The topological polar surface area (TPSA) is 96.9 Å². The molecule has 0 fully saturated rings. The molecule has 0 aliphatic carbocycles. The quantitative estimate of drug-likeness (QED) is 0.642. The molecule has 0 saturated heterocycles. The zero-order valence-corrected chi connectivity index (χ0v) is 14.8. The van der Waals surface area contributed by atoms with Crippen LogP contribution in [0, 0.1) is 0 Å². The van der Waals surface area contributed by atoms with E-state index < -0.39 is 17.9 Å². The minimum atomic E-state index is -0.978. The summed E-state index contributed by atoms with van der Waals surface area (Å²) >= 11 is 1.49. The van der Waals surface area contributed by atoms with E-state index in [2.05, 4.69) is 10.6 Å². The summed E-state index contributed by atoms with van der Waals surface area (Å²) in [5.41, 5.74) is 0.539. The maximum absolute atomic E-state index is 11.8. The highest BCUT2D eigenvalue weighted by Gasteiger charge is 2.17. The fourth-order valence-electron chi connectivity index (χ4n) is 2.11. The fraction of sp³-hybridized carbons (Fsp3) is 0.294. The number of hydrogen-bond acceptors (Lipinski definition) is 6. The molecule has 7 nitrogen and oxygen atoms in total. The Kier molecular flexibility index (Phi) is 6.79. The number of benzene rings is 1. The number of ether oxygens (including phenoxy) is 2. The number of nitrogens with one attached hydrogen (secondary N) is 2. The predicted molar refractivity (Wildman–Crippen MR) is 93.7 cm³/mol. The van der Waals surface area contributed by atoms with Crippen LogP contribution in [0.5, 0.6) is 11.5 Å². The van der Waals surface area contributed by atoms with Crippen molar-refractivity contribution in [2.45, 2.75) is 12.6 Å². The molecule has 1 unspecified atom stereocenters. The lowest BCUT2D eigenvalue weighted by Crippen LogP contribution is -2.41. The molecule has 2 aromatic rings. The number of carbonyl (C=O) groups excluding carboxylic acids is 2. The van der Waals surface area contributed by atoms with Gasteiger partial charge in [0.05, 0.1) is 26.9 Å². The number of carbonyl (C=O) groups is 2. The molecule has 1 heterocycles. The lowest BCUT2D eigenvalue weighted by molar-refractivity contribution is -0.139. The average molecular weight is 364 g/mol. The molecule has 0 aliphatic rings. The van der Waals surface area contributed by atoms with Crippen LogP contribution in [0.25, 0.3) is 0 Å². The van der Waals surface area contributed by atoms with Crippen LogP contribution in [0.15, 0.2) is 35.7 Å². The second-order valence-electron chi connectivity index (χ2n) is 5.10. The molecule has 1 atom stereocenters. The van der Waals surface area contributed by atoms with Crippen molar-refractivity contribution in [3.63, 3.8) is 0 Å². The first-order valence-corrected chi connectivity index (χ1v) is 8.41. The lowest BCUT2D eigenvalue weighted by Gasteiger charge is -2.14. The first-order valence-electron chi connectivity index (χ1n) is 7.53. The molecule has 1 aromatic heterocycles. The molecule has 0 aliphatic heterocycles. The molecular formula is C17H20N2O5S. The zero-order chi connectivity index (χ0) is 18.2. The van der Waals surface area contributed by atoms with Gasteiger partial charge in [0.1, 0.15) is 0 Å². The van der Waals surface area contributed by atoms with E-state index in [4.69, 9.17) is 9.47 Å². The number of rotatable bonds is 7. The molecular weight excluding hydrogens is 344 g/mol. The van der Waals surface area contributed by atoms with Crippen LogP contribution in [0.3, 0.4) is 0 Å². The second kappa shape index (κ2) is 9.05. The van der Waals surface area contributed by atoms with E-state index in [9.17, 15) is 14.7 Å². The van der Waals surface area contributed by atoms with E-state index >= 15 is 0 Å². The van der Waals surface area contributed by atoms with Gasteiger partial charge in [-0.3, -0.25) is 9.59 Å². The van der Waals surface area contributed by atoms with Crippen LogP contribution in [0.2, 0.25) is 0 Å². The van der Waals surface area contributed by atoms with Gasteiger partial charge in [-0.05, 0) is 29.1 Å². The summed E-state index contributed by atoms with van der Waals surface area (Å²) < 4.78 is 10.3. The minimum absolute atomic E-state index is 0.0965. The Hall–Kier alpha value is -2.58. The number of hydrogen-bond donors (Lipinski definition) is 3. The van der Waals surface area contributed by atoms with Crippen molar-refractivity contribution in [3.8, 4) is 11.5 Å². The minimum Gasteiger partial charge on any atom is -0.493 e. The number of methoxy groups -OCH3 is 2. The summed E-state index contributed by atoms with van der Waals surface area (Å²) in [7, 11) is 3.01. The van der Waals surface area contributed by atoms with E-state index in [1.165, 1.54) is 25.6 Å². The lowest BCUT2D eigenvalue weighted by atomic mass is 10.1. The Morgan fingerprint density at radius 1 is 1.12 bits per heavy atom. The monoisotopic (exact) mass is 364 g/mol. The Morgan fingerprint density at radius 2 is 1.84 bits per heavy atom. The van der Waals surface area contributed by atoms with Crippen LogP contribution in [0.1, 0.15) is 16.5 Å². The first kappa shape index (κ1) is 18.8. The van der Waals surface area contributed by atoms with Gasteiger partial charge in [0, 0.05) is 11.4 Å². The van der Waals surface area contributed by atoms with Gasteiger partial charge in [0.15, 0.2) is 11.5 Å². The van der Waals surface area contributed by atoms with E-state index in [-0.39, 0.29) is 6.54 Å². The van der Waals surface area contributed by atoms with Crippen LogP contribution >= 0.6 is 11.3 Å². The molecule has 25 heavy (non-hydrogen) atoms. The van der Waals surface area contributed by atoms with Crippen LogP contribution < -0.4 is 20.1 Å². The van der Waals surface area contributed by atoms with Gasteiger partial charge in [0.2, 0.25) is 0 Å². The van der Waals surface area contributed by atoms with Gasteiger partial charge < -0.3 is 25.2 Å². The SMILES string of the molecule is COc1ccc(C(O)CNC(=O)C(=O)NCc2cccs2)cc1OC. The highest BCUT2D eigenvalue weighted by Crippen LogP contribution is 2.29. The van der Waals surface area contributed by atoms with Gasteiger partial charge in [-0.2, -0.15) is 0 Å². The third kappa shape index (κ3) is 5.20. The molecule has 0 bridgehead atoms. The summed E-state index contributed by atoms with van der Waals surface area (Å²) in [6.07, 6.45) is -0.978. The zero-order valence-electron chi connectivity index (χ0n) is 13.9. The third-order valence-corrected chi connectivity index (χ3v) is 4.33. The van der Waals surface area contributed by atoms with Gasteiger partial charge in [-0.15, -0.1) is 11.3 Å². The summed E-state index contributed by atoms with van der Waals surface area (Å²) in [5, 5.41) is 17.0. The normalized spacial score (nSPS) is 11.5. The number of amides is 2. The van der Waals surface area contributed by atoms with Crippen molar-refractivity contribution < 1.29 is 24.2 Å². The van der Waals surface area contributed by atoms with E-state index in [0.29, 0.717) is 23.6 Å². The van der Waals surface area contributed by atoms with E-state index in [1.807, 2.05) is 17.5 Å². The van der Waals surface area contributed by atoms with E-state index in [1.54, 1.807) is 18.2 Å².